The Morgan fingerprint density at radius 2 is 1.87 bits per heavy atom. The van der Waals surface area contributed by atoms with Gasteiger partial charge < -0.3 is 21.1 Å². The van der Waals surface area contributed by atoms with Gasteiger partial charge in [-0.05, 0) is 95.1 Å². The molecule has 8 nitrogen and oxygen atoms in total. The molecule has 0 saturated carbocycles. The van der Waals surface area contributed by atoms with E-state index < -0.39 is 28.8 Å². The molecule has 0 amide bonds. The Hall–Kier alpha value is -2.96. The fourth-order valence-electron chi connectivity index (χ4n) is 7.27. The van der Waals surface area contributed by atoms with Gasteiger partial charge in [-0.1, -0.05) is 32.4 Å². The van der Waals surface area contributed by atoms with Crippen LogP contribution in [0.5, 0.6) is 6.01 Å². The Morgan fingerprint density at radius 3 is 2.54 bits per heavy atom. The molecule has 6 rings (SSSR count). The second-order valence-corrected chi connectivity index (χ2v) is 12.7. The number of benzene rings is 1. The fourth-order valence-corrected chi connectivity index (χ4v) is 7.63. The normalized spacial score (nSPS) is 19.2. The zero-order chi connectivity index (χ0) is 33.2. The molecule has 1 atom stereocenters. The number of rotatable bonds is 8. The van der Waals surface area contributed by atoms with Crippen molar-refractivity contribution in [1.29, 1.82) is 0 Å². The second kappa shape index (κ2) is 14.0. The highest BCUT2D eigenvalue weighted by atomic mass is 35.5. The molecule has 5 heterocycles. The first-order valence-electron chi connectivity index (χ1n) is 16.4. The number of nitrogens with two attached hydrogens (primary N) is 1. The average Bonchev–Trinajstić information content (AvgIpc) is 3.57. The molecule has 2 aromatic heterocycles. The molecular weight excluding hydrogens is 622 g/mol. The first kappa shape index (κ1) is 34.4. The molecule has 3 aliphatic heterocycles. The number of aryl methyl sites for hydroxylation is 2. The van der Waals surface area contributed by atoms with Crippen molar-refractivity contribution in [2.24, 2.45) is 0 Å². The van der Waals surface area contributed by atoms with Gasteiger partial charge in [-0.15, -0.1) is 0 Å². The molecule has 2 saturated heterocycles. The van der Waals surface area contributed by atoms with E-state index in [0.29, 0.717) is 42.8 Å². The van der Waals surface area contributed by atoms with E-state index in [0.717, 1.165) is 64.2 Å². The lowest BCUT2D eigenvalue weighted by molar-refractivity contribution is -0.137. The summed E-state index contributed by atoms with van der Waals surface area (Å²) in [7, 11) is 0. The number of aromatic nitrogens is 3. The number of nitrogens with one attached hydrogen (secondary N) is 2. The molecule has 0 aliphatic carbocycles. The Labute approximate surface area is 272 Å². The smallest absolute Gasteiger partial charge is 0.418 e. The SMILES string of the molecule is CC.CCCNCC1CCCc2c(Cl)c(-c3nc(N)cc(C)c3C(F)(F)F)c(F)c3nc(OCC45CCCN4CCC5)nc(c23)N1. The highest BCUT2D eigenvalue weighted by molar-refractivity contribution is 6.35. The predicted octanol–water partition coefficient (Wildman–Crippen LogP) is 7.54. The molecule has 0 radical (unpaired) electrons. The summed E-state index contributed by atoms with van der Waals surface area (Å²) in [6.07, 6.45) is 2.10. The van der Waals surface area contributed by atoms with Crippen LogP contribution in [0.2, 0.25) is 5.02 Å². The molecule has 46 heavy (non-hydrogen) atoms. The van der Waals surface area contributed by atoms with E-state index in [1.807, 2.05) is 13.8 Å². The lowest BCUT2D eigenvalue weighted by Crippen LogP contribution is -2.43. The Morgan fingerprint density at radius 1 is 1.15 bits per heavy atom. The maximum atomic E-state index is 16.8. The maximum absolute atomic E-state index is 16.8. The van der Waals surface area contributed by atoms with Crippen molar-refractivity contribution in [3.63, 3.8) is 0 Å². The summed E-state index contributed by atoms with van der Waals surface area (Å²) in [5, 5.41) is 7.08. The molecule has 13 heteroatoms. The van der Waals surface area contributed by atoms with E-state index in [2.05, 4.69) is 32.4 Å². The van der Waals surface area contributed by atoms with Gasteiger partial charge in [-0.2, -0.15) is 23.1 Å². The number of hydrogen-bond donors (Lipinski definition) is 3. The summed E-state index contributed by atoms with van der Waals surface area (Å²) in [5.74, 6) is -0.831. The Balaban J connectivity index is 0.00000204. The van der Waals surface area contributed by atoms with Crippen LogP contribution < -0.4 is 21.1 Å². The molecular formula is C33H44ClF4N7O. The number of nitrogen functional groups attached to an aromatic ring is 1. The zero-order valence-corrected chi connectivity index (χ0v) is 27.8. The van der Waals surface area contributed by atoms with Crippen molar-refractivity contribution in [2.75, 3.05) is 43.8 Å². The highest BCUT2D eigenvalue weighted by Gasteiger charge is 2.45. The summed E-state index contributed by atoms with van der Waals surface area (Å²) in [6.45, 7) is 11.2. The van der Waals surface area contributed by atoms with E-state index in [4.69, 9.17) is 27.1 Å². The molecule has 1 aromatic carbocycles. The average molecular weight is 666 g/mol. The first-order valence-corrected chi connectivity index (χ1v) is 16.8. The minimum Gasteiger partial charge on any atom is -0.461 e. The van der Waals surface area contributed by atoms with Crippen LogP contribution in [0.25, 0.3) is 22.2 Å². The van der Waals surface area contributed by atoms with Gasteiger partial charge in [-0.25, -0.2) is 9.37 Å². The van der Waals surface area contributed by atoms with Crippen LogP contribution >= 0.6 is 11.6 Å². The maximum Gasteiger partial charge on any atom is 0.418 e. The van der Waals surface area contributed by atoms with Crippen LogP contribution in [0.3, 0.4) is 0 Å². The van der Waals surface area contributed by atoms with Crippen LogP contribution in [-0.4, -0.2) is 64.2 Å². The number of hydrogen-bond acceptors (Lipinski definition) is 8. The van der Waals surface area contributed by atoms with Gasteiger partial charge >= 0.3 is 12.2 Å². The van der Waals surface area contributed by atoms with Crippen molar-refractivity contribution in [2.45, 2.75) is 96.8 Å². The van der Waals surface area contributed by atoms with Crippen molar-refractivity contribution < 1.29 is 22.3 Å². The van der Waals surface area contributed by atoms with E-state index in [1.165, 1.54) is 6.92 Å². The summed E-state index contributed by atoms with van der Waals surface area (Å²) >= 11 is 6.85. The largest absolute Gasteiger partial charge is 0.461 e. The number of fused-ring (bicyclic) bond motifs is 1. The minimum atomic E-state index is -4.82. The number of pyridine rings is 1. The summed E-state index contributed by atoms with van der Waals surface area (Å²) < 4.78 is 66.1. The van der Waals surface area contributed by atoms with E-state index in [-0.39, 0.29) is 39.5 Å². The molecule has 2 fully saturated rings. The number of ether oxygens (including phenoxy) is 1. The van der Waals surface area contributed by atoms with E-state index >= 15 is 4.39 Å². The van der Waals surface area contributed by atoms with Crippen LogP contribution in [0.1, 0.15) is 82.4 Å². The quantitative estimate of drug-likeness (QED) is 0.168. The third-order valence-electron chi connectivity index (χ3n) is 9.28. The molecule has 3 aromatic rings. The summed E-state index contributed by atoms with van der Waals surface area (Å²) in [6, 6.07) is 1.08. The Kier molecular flexibility index (Phi) is 10.5. The van der Waals surface area contributed by atoms with Crippen molar-refractivity contribution >= 4 is 34.1 Å². The Bertz CT molecular complexity index is 1560. The van der Waals surface area contributed by atoms with Gasteiger partial charge in [0.2, 0.25) is 0 Å². The fraction of sp³-hybridized carbons (Fsp3) is 0.606. The van der Waals surface area contributed by atoms with Crippen molar-refractivity contribution in [1.82, 2.24) is 25.2 Å². The topological polar surface area (TPSA) is 101 Å². The van der Waals surface area contributed by atoms with Gasteiger partial charge in [0, 0.05) is 12.6 Å². The van der Waals surface area contributed by atoms with Gasteiger partial charge in [0.15, 0.2) is 5.82 Å². The zero-order valence-electron chi connectivity index (χ0n) is 27.0. The number of nitrogens with zero attached hydrogens (tertiary/aromatic N) is 4. The molecule has 3 aliphatic rings. The van der Waals surface area contributed by atoms with E-state index in [9.17, 15) is 13.2 Å². The monoisotopic (exact) mass is 665 g/mol. The number of alkyl halides is 3. The molecule has 4 N–H and O–H groups in total. The molecule has 0 bridgehead atoms. The van der Waals surface area contributed by atoms with Crippen LogP contribution in [-0.2, 0) is 12.6 Å². The standard InChI is InChI=1S/C31H38ClF4N7O.C2H6/c1-3-11-38-15-18-7-4-8-19-21-27(25(33)22(24(19)32)26-23(31(34,35)36)17(2)14-20(37)40-26)41-29(42-28(21)39-18)44-16-30-9-5-12-43(30)13-6-10-30;1-2/h14,18,38H,3-13,15-16H2,1-2H3,(H2,37,40)(H,39,41,42);1-2H3. The van der Waals surface area contributed by atoms with Gasteiger partial charge in [0.1, 0.15) is 23.8 Å². The number of anilines is 2. The third-order valence-corrected chi connectivity index (χ3v) is 9.69. The number of halogens is 5. The van der Waals surface area contributed by atoms with Gasteiger partial charge in [-0.3, -0.25) is 4.90 Å². The first-order chi connectivity index (χ1) is 22.0. The van der Waals surface area contributed by atoms with Crippen LogP contribution in [0, 0.1) is 12.7 Å². The highest BCUT2D eigenvalue weighted by Crippen LogP contribution is 2.47. The lowest BCUT2D eigenvalue weighted by Gasteiger charge is -2.31. The second-order valence-electron chi connectivity index (χ2n) is 12.3. The van der Waals surface area contributed by atoms with Crippen molar-refractivity contribution in [3.05, 3.63) is 33.6 Å². The predicted molar refractivity (Wildman–Crippen MR) is 175 cm³/mol. The van der Waals surface area contributed by atoms with Crippen molar-refractivity contribution in [3.8, 4) is 17.3 Å². The van der Waals surface area contributed by atoms with Gasteiger partial charge in [0.25, 0.3) is 0 Å². The van der Waals surface area contributed by atoms with Crippen LogP contribution in [0.4, 0.5) is 29.2 Å². The van der Waals surface area contributed by atoms with Crippen LogP contribution in [0.15, 0.2) is 6.07 Å². The molecule has 1 unspecified atom stereocenters. The van der Waals surface area contributed by atoms with Gasteiger partial charge in [0.05, 0.1) is 32.8 Å². The van der Waals surface area contributed by atoms with E-state index in [1.54, 1.807) is 0 Å². The summed E-state index contributed by atoms with van der Waals surface area (Å²) in [5.41, 5.74) is 3.72. The third kappa shape index (κ3) is 6.57. The molecule has 0 spiro atoms. The molecule has 252 valence electrons. The summed E-state index contributed by atoms with van der Waals surface area (Å²) in [4.78, 5) is 15.6. The minimum absolute atomic E-state index is 0.0176. The lowest BCUT2D eigenvalue weighted by atomic mass is 9.92.